The van der Waals surface area contributed by atoms with Crippen LogP contribution in [0.5, 0.6) is 0 Å². The van der Waals surface area contributed by atoms with Crippen molar-refractivity contribution in [2.45, 2.75) is 39.5 Å². The highest BCUT2D eigenvalue weighted by atomic mass is 16.2. The van der Waals surface area contributed by atoms with E-state index in [0.717, 1.165) is 24.1 Å². The zero-order valence-electron chi connectivity index (χ0n) is 16.2. The predicted molar refractivity (Wildman–Crippen MR) is 109 cm³/mol. The Kier molecular flexibility index (Phi) is 5.94. The molecule has 0 spiro atoms. The van der Waals surface area contributed by atoms with E-state index in [4.69, 9.17) is 0 Å². The van der Waals surface area contributed by atoms with Crippen molar-refractivity contribution in [3.63, 3.8) is 0 Å². The van der Waals surface area contributed by atoms with Crippen molar-refractivity contribution in [1.29, 1.82) is 0 Å². The number of amides is 2. The number of nitrogens with one attached hydrogen (secondary N) is 1. The van der Waals surface area contributed by atoms with Gasteiger partial charge in [0.25, 0.3) is 0 Å². The van der Waals surface area contributed by atoms with E-state index in [9.17, 15) is 9.59 Å². The lowest BCUT2D eigenvalue weighted by atomic mass is 10.0. The van der Waals surface area contributed by atoms with Crippen LogP contribution in [0.3, 0.4) is 0 Å². The number of rotatable bonds is 8. The molecule has 0 aliphatic heterocycles. The lowest BCUT2D eigenvalue weighted by molar-refractivity contribution is -0.135. The summed E-state index contributed by atoms with van der Waals surface area (Å²) >= 11 is 0. The Bertz CT molecular complexity index is 797. The van der Waals surface area contributed by atoms with Crippen LogP contribution in [0.2, 0.25) is 0 Å². The molecule has 4 heteroatoms. The number of hydrogen-bond acceptors (Lipinski definition) is 2. The zero-order chi connectivity index (χ0) is 19.3. The van der Waals surface area contributed by atoms with Gasteiger partial charge in [-0.1, -0.05) is 42.5 Å². The maximum Gasteiger partial charge on any atom is 0.242 e. The molecule has 0 radical (unpaired) electrons. The van der Waals surface area contributed by atoms with Gasteiger partial charge in [-0.05, 0) is 62.8 Å². The second-order valence-corrected chi connectivity index (χ2v) is 7.32. The van der Waals surface area contributed by atoms with Crippen LogP contribution in [0.15, 0.2) is 54.6 Å². The van der Waals surface area contributed by atoms with E-state index >= 15 is 0 Å². The highest BCUT2D eigenvalue weighted by Crippen LogP contribution is 2.48. The first-order chi connectivity index (χ1) is 13.1. The van der Waals surface area contributed by atoms with Crippen molar-refractivity contribution in [3.05, 3.63) is 65.7 Å². The van der Waals surface area contributed by atoms with Crippen LogP contribution >= 0.6 is 0 Å². The van der Waals surface area contributed by atoms with Gasteiger partial charge in [0.1, 0.15) is 5.41 Å². The molecule has 0 saturated heterocycles. The lowest BCUT2D eigenvalue weighted by Gasteiger charge is -2.26. The molecule has 0 unspecified atom stereocenters. The summed E-state index contributed by atoms with van der Waals surface area (Å²) in [5.41, 5.74) is 2.37. The molecular formula is C23H28N2O2. The second kappa shape index (κ2) is 8.38. The summed E-state index contributed by atoms with van der Waals surface area (Å²) in [5, 5.41) is 2.99. The summed E-state index contributed by atoms with van der Waals surface area (Å²) in [7, 11) is 0. The minimum atomic E-state index is -0.869. The van der Waals surface area contributed by atoms with Gasteiger partial charge in [-0.2, -0.15) is 0 Å². The molecule has 0 bridgehead atoms. The molecule has 27 heavy (non-hydrogen) atoms. The van der Waals surface area contributed by atoms with E-state index in [1.165, 1.54) is 5.56 Å². The highest BCUT2D eigenvalue weighted by Gasteiger charge is 2.57. The number of hydrogen-bond donors (Lipinski definition) is 1. The molecule has 1 saturated carbocycles. The van der Waals surface area contributed by atoms with Gasteiger partial charge in [-0.15, -0.1) is 0 Å². The van der Waals surface area contributed by atoms with Crippen molar-refractivity contribution in [3.8, 4) is 0 Å². The first kappa shape index (κ1) is 19.2. The van der Waals surface area contributed by atoms with E-state index < -0.39 is 5.41 Å². The van der Waals surface area contributed by atoms with Gasteiger partial charge in [0, 0.05) is 18.8 Å². The zero-order valence-corrected chi connectivity index (χ0v) is 16.2. The van der Waals surface area contributed by atoms with E-state index in [1.54, 1.807) is 4.90 Å². The fourth-order valence-electron chi connectivity index (χ4n) is 3.47. The van der Waals surface area contributed by atoms with Crippen LogP contribution < -0.4 is 10.2 Å². The molecule has 1 aliphatic carbocycles. The Hall–Kier alpha value is -2.62. The van der Waals surface area contributed by atoms with Crippen LogP contribution in [0.4, 0.5) is 5.69 Å². The minimum Gasteiger partial charge on any atom is -0.355 e. The van der Waals surface area contributed by atoms with Gasteiger partial charge < -0.3 is 10.2 Å². The summed E-state index contributed by atoms with van der Waals surface area (Å²) in [6.45, 7) is 5.12. The Labute approximate surface area is 161 Å². The molecular weight excluding hydrogens is 336 g/mol. The van der Waals surface area contributed by atoms with Gasteiger partial charge in [0.15, 0.2) is 0 Å². The van der Waals surface area contributed by atoms with Crippen molar-refractivity contribution in [1.82, 2.24) is 5.32 Å². The molecule has 2 aromatic rings. The Balaban J connectivity index is 1.58. The molecule has 0 heterocycles. The molecule has 1 fully saturated rings. The largest absolute Gasteiger partial charge is 0.355 e. The number of carbonyl (C=O) groups is 2. The van der Waals surface area contributed by atoms with Crippen LogP contribution in [0, 0.1) is 12.3 Å². The Morgan fingerprint density at radius 1 is 1.07 bits per heavy atom. The third-order valence-electron chi connectivity index (χ3n) is 5.24. The predicted octanol–water partition coefficient (Wildman–Crippen LogP) is 3.88. The van der Waals surface area contributed by atoms with Gasteiger partial charge in [0.05, 0.1) is 0 Å². The average molecular weight is 364 g/mol. The van der Waals surface area contributed by atoms with Crippen LogP contribution in [-0.4, -0.2) is 24.9 Å². The molecule has 2 amide bonds. The number of anilines is 1. The summed E-state index contributed by atoms with van der Waals surface area (Å²) in [4.78, 5) is 27.6. The first-order valence-electron chi connectivity index (χ1n) is 9.78. The maximum absolute atomic E-state index is 13.1. The summed E-state index contributed by atoms with van der Waals surface area (Å²) in [5.74, 6) is -0.192. The van der Waals surface area contributed by atoms with Crippen LogP contribution in [0.1, 0.15) is 37.3 Å². The summed E-state index contributed by atoms with van der Waals surface area (Å²) in [6.07, 6.45) is 3.07. The van der Waals surface area contributed by atoms with Gasteiger partial charge in [0.2, 0.25) is 11.8 Å². The minimum absolute atomic E-state index is 0.0730. The summed E-state index contributed by atoms with van der Waals surface area (Å²) in [6, 6.07) is 18.1. The summed E-state index contributed by atoms with van der Waals surface area (Å²) < 4.78 is 0. The topological polar surface area (TPSA) is 49.4 Å². The molecule has 0 aromatic heterocycles. The highest BCUT2D eigenvalue weighted by molar-refractivity contribution is 6.14. The molecule has 2 aromatic carbocycles. The SMILES string of the molecule is CCN(C(=O)C1(C(=O)NCCCc2ccccc2)CC1)c1cccc(C)c1. The fourth-order valence-corrected chi connectivity index (χ4v) is 3.47. The number of aryl methyl sites for hydroxylation is 2. The van der Waals surface area contributed by atoms with Crippen molar-refractivity contribution >= 4 is 17.5 Å². The standard InChI is InChI=1S/C23H28N2O2/c1-3-25(20-13-7-9-18(2)17-20)22(27)23(14-15-23)21(26)24-16-8-12-19-10-5-4-6-11-19/h4-7,9-11,13,17H,3,8,12,14-16H2,1-2H3,(H,24,26). The molecule has 0 atom stereocenters. The fraction of sp³-hybridized carbons (Fsp3) is 0.391. The number of nitrogens with zero attached hydrogens (tertiary/aromatic N) is 1. The molecule has 3 rings (SSSR count). The van der Waals surface area contributed by atoms with Crippen LogP contribution in [0.25, 0.3) is 0 Å². The Morgan fingerprint density at radius 2 is 1.81 bits per heavy atom. The third-order valence-corrected chi connectivity index (χ3v) is 5.24. The maximum atomic E-state index is 13.1. The quantitative estimate of drug-likeness (QED) is 0.571. The molecule has 4 nitrogen and oxygen atoms in total. The normalized spacial score (nSPS) is 14.4. The lowest BCUT2D eigenvalue weighted by Crippen LogP contribution is -2.45. The van der Waals surface area contributed by atoms with Gasteiger partial charge >= 0.3 is 0 Å². The van der Waals surface area contributed by atoms with E-state index in [1.807, 2.05) is 56.3 Å². The number of carbonyl (C=O) groups excluding carboxylic acids is 2. The second-order valence-electron chi connectivity index (χ2n) is 7.32. The first-order valence-corrected chi connectivity index (χ1v) is 9.78. The smallest absolute Gasteiger partial charge is 0.242 e. The number of benzene rings is 2. The van der Waals surface area contributed by atoms with E-state index in [2.05, 4.69) is 17.4 Å². The van der Waals surface area contributed by atoms with Gasteiger partial charge in [-0.3, -0.25) is 9.59 Å². The average Bonchev–Trinajstić information content (AvgIpc) is 3.49. The van der Waals surface area contributed by atoms with Crippen molar-refractivity contribution in [2.24, 2.45) is 5.41 Å². The monoisotopic (exact) mass is 364 g/mol. The molecule has 1 N–H and O–H groups in total. The molecule has 142 valence electrons. The van der Waals surface area contributed by atoms with E-state index in [-0.39, 0.29) is 11.8 Å². The van der Waals surface area contributed by atoms with Crippen molar-refractivity contribution in [2.75, 3.05) is 18.0 Å². The van der Waals surface area contributed by atoms with Crippen LogP contribution in [-0.2, 0) is 16.0 Å². The van der Waals surface area contributed by atoms with E-state index in [0.29, 0.717) is 25.9 Å². The van der Waals surface area contributed by atoms with Gasteiger partial charge in [-0.25, -0.2) is 0 Å². The van der Waals surface area contributed by atoms with Crippen molar-refractivity contribution < 1.29 is 9.59 Å². The molecule has 1 aliphatic rings. The Morgan fingerprint density at radius 3 is 2.44 bits per heavy atom. The third kappa shape index (κ3) is 4.38.